The molecule has 0 unspecified atom stereocenters. The fraction of sp³-hybridized carbons (Fsp3) is 0.467. The number of amides is 2. The van der Waals surface area contributed by atoms with E-state index in [1.54, 1.807) is 26.2 Å². The molecule has 11 heteroatoms. The number of nitrogens with zero attached hydrogens (tertiary/aromatic N) is 4. The summed E-state index contributed by atoms with van der Waals surface area (Å²) in [7, 11) is 4.48. The summed E-state index contributed by atoms with van der Waals surface area (Å²) in [5.41, 5.74) is 4.63. The van der Waals surface area contributed by atoms with Crippen LogP contribution in [0.3, 0.4) is 0 Å². The zero-order valence-electron chi connectivity index (χ0n) is 24.5. The lowest BCUT2D eigenvalue weighted by Gasteiger charge is -2.17. The van der Waals surface area contributed by atoms with Gasteiger partial charge in [-0.3, -0.25) is 28.9 Å². The maximum absolute atomic E-state index is 13.5. The Morgan fingerprint density at radius 2 is 1.98 bits per heavy atom. The van der Waals surface area contributed by atoms with Crippen LogP contribution in [0.4, 0.5) is 10.5 Å². The first-order chi connectivity index (χ1) is 19.4. The Kier molecular flexibility index (Phi) is 11.0. The molecule has 2 aromatic rings. The number of aliphatic imine (C=N–C) groups is 1. The molecular formula is C30H38ClN5O5. The number of carbonyl (C=O) groups excluding carboxylic acids is 3. The van der Waals surface area contributed by atoms with Gasteiger partial charge in [-0.15, -0.1) is 0 Å². The number of nitrogens with one attached hydrogen (secondary N) is 1. The first-order valence-corrected chi connectivity index (χ1v) is 14.0. The SMILES string of the molecule is COC(=O)N[C@@H](CC/C=C/C(=O)N(C)C)C(=O)Cc1ccc(Cl)n(CC2=Nc3c(CC(C)C)ncc(C)c3C2)c1=O. The quantitative estimate of drug-likeness (QED) is 0.298. The molecular weight excluding hydrogens is 546 g/mol. The van der Waals surface area contributed by atoms with E-state index in [0.29, 0.717) is 18.8 Å². The third-order valence-corrected chi connectivity index (χ3v) is 7.13. The summed E-state index contributed by atoms with van der Waals surface area (Å²) >= 11 is 6.44. The second-order valence-electron chi connectivity index (χ2n) is 10.8. The molecule has 220 valence electrons. The van der Waals surface area contributed by atoms with E-state index in [4.69, 9.17) is 16.6 Å². The van der Waals surface area contributed by atoms with Crippen LogP contribution in [0.15, 0.2) is 40.3 Å². The number of alkyl carbamates (subject to hydrolysis) is 1. The molecule has 2 amide bonds. The Morgan fingerprint density at radius 1 is 1.24 bits per heavy atom. The van der Waals surface area contributed by atoms with E-state index in [9.17, 15) is 19.2 Å². The molecule has 0 aliphatic carbocycles. The maximum Gasteiger partial charge on any atom is 0.407 e. The Morgan fingerprint density at radius 3 is 2.63 bits per heavy atom. The van der Waals surface area contributed by atoms with Crippen molar-refractivity contribution in [2.24, 2.45) is 10.9 Å². The first kappa shape index (κ1) is 31.7. The van der Waals surface area contributed by atoms with Crippen molar-refractivity contribution in [1.82, 2.24) is 19.8 Å². The minimum Gasteiger partial charge on any atom is -0.453 e. The van der Waals surface area contributed by atoms with Crippen LogP contribution in [0.25, 0.3) is 0 Å². The predicted molar refractivity (Wildman–Crippen MR) is 159 cm³/mol. The number of fused-ring (bicyclic) bond motifs is 1. The van der Waals surface area contributed by atoms with E-state index >= 15 is 0 Å². The molecule has 1 aliphatic heterocycles. The lowest BCUT2D eigenvalue weighted by Crippen LogP contribution is -2.42. The van der Waals surface area contributed by atoms with Crippen LogP contribution in [-0.4, -0.2) is 65.2 Å². The summed E-state index contributed by atoms with van der Waals surface area (Å²) in [4.78, 5) is 61.2. The molecule has 0 fully saturated rings. The Labute approximate surface area is 245 Å². The van der Waals surface area contributed by atoms with E-state index in [0.717, 1.165) is 34.6 Å². The number of ether oxygens (including phenoxy) is 1. The Hall–Kier alpha value is -3.79. The van der Waals surface area contributed by atoms with E-state index in [-0.39, 0.29) is 41.8 Å². The van der Waals surface area contributed by atoms with E-state index in [1.165, 1.54) is 28.7 Å². The molecule has 0 saturated carbocycles. The van der Waals surface area contributed by atoms with Crippen LogP contribution in [0.1, 0.15) is 49.1 Å². The van der Waals surface area contributed by atoms with Crippen molar-refractivity contribution >= 4 is 40.8 Å². The topological polar surface area (TPSA) is 123 Å². The van der Waals surface area contributed by atoms with Crippen molar-refractivity contribution < 1.29 is 19.1 Å². The number of pyridine rings is 2. The molecule has 0 radical (unpaired) electrons. The summed E-state index contributed by atoms with van der Waals surface area (Å²) in [6, 6.07) is 2.21. The number of allylic oxidation sites excluding steroid dienone is 1. The molecule has 1 atom stereocenters. The van der Waals surface area contributed by atoms with E-state index in [1.807, 2.05) is 13.1 Å². The van der Waals surface area contributed by atoms with Crippen LogP contribution in [-0.2, 0) is 40.1 Å². The largest absolute Gasteiger partial charge is 0.453 e. The third-order valence-electron chi connectivity index (χ3n) is 6.80. The molecule has 2 aromatic heterocycles. The van der Waals surface area contributed by atoms with Gasteiger partial charge in [0.2, 0.25) is 5.91 Å². The lowest BCUT2D eigenvalue weighted by atomic mass is 10.00. The Balaban J connectivity index is 1.79. The third kappa shape index (κ3) is 8.36. The number of rotatable bonds is 12. The monoisotopic (exact) mass is 583 g/mol. The molecule has 3 heterocycles. The van der Waals surface area contributed by atoms with Crippen LogP contribution in [0.2, 0.25) is 5.15 Å². The highest BCUT2D eigenvalue weighted by atomic mass is 35.5. The highest BCUT2D eigenvalue weighted by molar-refractivity contribution is 6.29. The van der Waals surface area contributed by atoms with Gasteiger partial charge in [0.1, 0.15) is 5.15 Å². The lowest BCUT2D eigenvalue weighted by molar-refractivity contribution is -0.123. The number of hydrogen-bond acceptors (Lipinski definition) is 7. The highest BCUT2D eigenvalue weighted by Gasteiger charge is 2.25. The molecule has 0 spiro atoms. The second-order valence-corrected chi connectivity index (χ2v) is 11.2. The summed E-state index contributed by atoms with van der Waals surface area (Å²) in [5, 5.41) is 2.77. The first-order valence-electron chi connectivity index (χ1n) is 13.6. The normalized spacial score (nSPS) is 13.2. The van der Waals surface area contributed by atoms with Gasteiger partial charge in [-0.2, -0.15) is 0 Å². The van der Waals surface area contributed by atoms with Gasteiger partial charge in [0, 0.05) is 44.4 Å². The molecule has 1 N–H and O–H groups in total. The van der Waals surface area contributed by atoms with Gasteiger partial charge in [-0.05, 0) is 55.4 Å². The minimum absolute atomic E-state index is 0.184. The zero-order chi connectivity index (χ0) is 30.3. The maximum atomic E-state index is 13.5. The van der Waals surface area contributed by atoms with Gasteiger partial charge in [0.05, 0.1) is 31.1 Å². The number of Topliss-reactive ketones (excluding diaryl/α,β-unsaturated/α-hetero) is 1. The van der Waals surface area contributed by atoms with Gasteiger partial charge in [0.15, 0.2) is 5.78 Å². The van der Waals surface area contributed by atoms with Gasteiger partial charge >= 0.3 is 6.09 Å². The highest BCUT2D eigenvalue weighted by Crippen LogP contribution is 2.33. The number of aromatic nitrogens is 2. The fourth-order valence-electron chi connectivity index (χ4n) is 4.55. The number of likely N-dealkylation sites (N-methyl/N-ethyl adjacent to an activating group) is 1. The summed E-state index contributed by atoms with van der Waals surface area (Å²) in [5.74, 6) is -0.124. The van der Waals surface area contributed by atoms with Gasteiger partial charge in [-0.1, -0.05) is 37.6 Å². The smallest absolute Gasteiger partial charge is 0.407 e. The van der Waals surface area contributed by atoms with Crippen molar-refractivity contribution in [3.63, 3.8) is 0 Å². The summed E-state index contributed by atoms with van der Waals surface area (Å²) in [6.45, 7) is 6.45. The number of aryl methyl sites for hydroxylation is 1. The summed E-state index contributed by atoms with van der Waals surface area (Å²) < 4.78 is 6.09. The number of carbonyl (C=O) groups is 3. The molecule has 1 aliphatic rings. The number of ketones is 1. The number of halogens is 1. The van der Waals surface area contributed by atoms with Gasteiger partial charge in [-0.25, -0.2) is 4.79 Å². The number of hydrogen-bond donors (Lipinski definition) is 1. The van der Waals surface area contributed by atoms with Crippen molar-refractivity contribution in [2.75, 3.05) is 21.2 Å². The van der Waals surface area contributed by atoms with Gasteiger partial charge < -0.3 is 15.0 Å². The number of methoxy groups -OCH3 is 1. The standard InChI is InChI=1S/C30H38ClN5O5/c1-18(2)13-24-28-22(19(3)16-32-24)15-21(33-28)17-36-26(31)12-11-20(29(36)39)14-25(37)23(34-30(40)41-6)9-7-8-10-27(38)35(4)5/h8,10-12,16,18,23H,7,9,13-15,17H2,1-6H3,(H,34,40)/b10-8+/t23-/m0/s1. The van der Waals surface area contributed by atoms with Crippen LogP contribution < -0.4 is 10.9 Å². The molecule has 3 rings (SSSR count). The van der Waals surface area contributed by atoms with Crippen LogP contribution >= 0.6 is 11.6 Å². The zero-order valence-corrected chi connectivity index (χ0v) is 25.2. The Bertz CT molecular complexity index is 1430. The van der Waals surface area contributed by atoms with Gasteiger partial charge in [0.25, 0.3) is 5.56 Å². The minimum atomic E-state index is -0.909. The second kappa shape index (κ2) is 14.2. The van der Waals surface area contributed by atoms with E-state index < -0.39 is 17.7 Å². The summed E-state index contributed by atoms with van der Waals surface area (Å²) in [6.07, 6.45) is 5.94. The molecule has 0 saturated heterocycles. The predicted octanol–water partition coefficient (Wildman–Crippen LogP) is 3.99. The van der Waals surface area contributed by atoms with Crippen LogP contribution in [0.5, 0.6) is 0 Å². The van der Waals surface area contributed by atoms with Crippen molar-refractivity contribution in [1.29, 1.82) is 0 Å². The molecule has 41 heavy (non-hydrogen) atoms. The average Bonchev–Trinajstić information content (AvgIpc) is 3.36. The molecule has 0 bridgehead atoms. The molecule has 10 nitrogen and oxygen atoms in total. The van der Waals surface area contributed by atoms with Crippen molar-refractivity contribution in [3.8, 4) is 0 Å². The average molecular weight is 584 g/mol. The van der Waals surface area contributed by atoms with E-state index in [2.05, 4.69) is 28.9 Å². The molecule has 0 aromatic carbocycles. The van der Waals surface area contributed by atoms with Crippen molar-refractivity contribution in [2.45, 2.75) is 65.5 Å². The van der Waals surface area contributed by atoms with Crippen LogP contribution in [0, 0.1) is 12.8 Å². The fourth-order valence-corrected chi connectivity index (χ4v) is 4.75. The van der Waals surface area contributed by atoms with Crippen molar-refractivity contribution in [3.05, 3.63) is 68.4 Å².